The van der Waals surface area contributed by atoms with Gasteiger partial charge in [-0.3, -0.25) is 10.1 Å². The molecular formula is C16H20N2O3. The van der Waals surface area contributed by atoms with Crippen LogP contribution in [-0.4, -0.2) is 35.0 Å². The summed E-state index contributed by atoms with van der Waals surface area (Å²) >= 11 is 0. The molecule has 1 aromatic rings. The first-order valence-electron chi connectivity index (χ1n) is 7.45. The molecule has 0 aliphatic carbocycles. The Morgan fingerprint density at radius 2 is 2.19 bits per heavy atom. The number of nitrogens with zero attached hydrogens (tertiary/aromatic N) is 1. The molecule has 0 saturated carbocycles. The van der Waals surface area contributed by atoms with Gasteiger partial charge in [-0.05, 0) is 24.9 Å². The van der Waals surface area contributed by atoms with E-state index in [0.29, 0.717) is 19.4 Å². The summed E-state index contributed by atoms with van der Waals surface area (Å²) in [7, 11) is 0. The van der Waals surface area contributed by atoms with E-state index >= 15 is 0 Å². The smallest absolute Gasteiger partial charge is 0.347 e. The average molecular weight is 288 g/mol. The van der Waals surface area contributed by atoms with Crippen LogP contribution < -0.4 is 5.32 Å². The van der Waals surface area contributed by atoms with E-state index in [4.69, 9.17) is 4.74 Å². The highest BCUT2D eigenvalue weighted by Crippen LogP contribution is 2.41. The van der Waals surface area contributed by atoms with Crippen LogP contribution in [0, 0.1) is 0 Å². The lowest BCUT2D eigenvalue weighted by molar-refractivity contribution is -0.174. The number of ether oxygens (including phenoxy) is 1. The fourth-order valence-electron chi connectivity index (χ4n) is 3.32. The van der Waals surface area contributed by atoms with Gasteiger partial charge in [-0.2, -0.15) is 0 Å². The third-order valence-corrected chi connectivity index (χ3v) is 4.31. The van der Waals surface area contributed by atoms with Crippen LogP contribution in [0.4, 0.5) is 0 Å². The highest BCUT2D eigenvalue weighted by atomic mass is 16.5. The quantitative estimate of drug-likeness (QED) is 0.658. The van der Waals surface area contributed by atoms with Crippen molar-refractivity contribution in [3.05, 3.63) is 35.9 Å². The lowest BCUT2D eigenvalue weighted by Crippen LogP contribution is -2.68. The molecule has 21 heavy (non-hydrogen) atoms. The molecule has 5 heteroatoms. The first-order chi connectivity index (χ1) is 10.2. The number of benzene rings is 1. The van der Waals surface area contributed by atoms with Crippen LogP contribution in [-0.2, 0) is 20.9 Å². The lowest BCUT2D eigenvalue weighted by atomic mass is 10.0. The molecule has 2 unspecified atom stereocenters. The van der Waals surface area contributed by atoms with Crippen molar-refractivity contribution >= 4 is 11.9 Å². The SMILES string of the molecule is CCNC1(C(=O)OCc2ccccc2)CCC2CC(=O)N21. The molecule has 0 bridgehead atoms. The van der Waals surface area contributed by atoms with E-state index in [1.165, 1.54) is 0 Å². The highest BCUT2D eigenvalue weighted by Gasteiger charge is 2.59. The van der Waals surface area contributed by atoms with Gasteiger partial charge in [0.05, 0.1) is 0 Å². The molecule has 2 heterocycles. The monoisotopic (exact) mass is 288 g/mol. The fraction of sp³-hybridized carbons (Fsp3) is 0.500. The number of carbonyl (C=O) groups excluding carboxylic acids is 2. The minimum atomic E-state index is -0.955. The topological polar surface area (TPSA) is 58.6 Å². The van der Waals surface area contributed by atoms with Crippen molar-refractivity contribution in [2.45, 2.75) is 44.5 Å². The largest absolute Gasteiger partial charge is 0.458 e. The zero-order chi connectivity index (χ0) is 14.9. The second-order valence-corrected chi connectivity index (χ2v) is 5.61. The van der Waals surface area contributed by atoms with E-state index in [-0.39, 0.29) is 24.5 Å². The second kappa shape index (κ2) is 5.48. The van der Waals surface area contributed by atoms with Crippen molar-refractivity contribution in [1.82, 2.24) is 10.2 Å². The van der Waals surface area contributed by atoms with Gasteiger partial charge in [0.1, 0.15) is 6.61 Å². The molecule has 2 fully saturated rings. The second-order valence-electron chi connectivity index (χ2n) is 5.61. The molecular weight excluding hydrogens is 268 g/mol. The van der Waals surface area contributed by atoms with E-state index in [1.807, 2.05) is 37.3 Å². The third kappa shape index (κ3) is 2.31. The molecule has 0 aromatic heterocycles. The zero-order valence-corrected chi connectivity index (χ0v) is 12.2. The maximum absolute atomic E-state index is 12.6. The van der Waals surface area contributed by atoms with Crippen LogP contribution in [0.2, 0.25) is 0 Å². The van der Waals surface area contributed by atoms with Gasteiger partial charge >= 0.3 is 5.97 Å². The van der Waals surface area contributed by atoms with Crippen molar-refractivity contribution in [3.63, 3.8) is 0 Å². The molecule has 1 aromatic carbocycles. The van der Waals surface area contributed by atoms with Crippen molar-refractivity contribution < 1.29 is 14.3 Å². The summed E-state index contributed by atoms with van der Waals surface area (Å²) in [6, 6.07) is 9.77. The number of fused-ring (bicyclic) bond motifs is 1. The summed E-state index contributed by atoms with van der Waals surface area (Å²) < 4.78 is 5.47. The van der Waals surface area contributed by atoms with E-state index in [0.717, 1.165) is 12.0 Å². The zero-order valence-electron chi connectivity index (χ0n) is 12.2. The average Bonchev–Trinajstić information content (AvgIpc) is 2.79. The maximum atomic E-state index is 12.6. The Labute approximate surface area is 124 Å². The van der Waals surface area contributed by atoms with Crippen molar-refractivity contribution in [1.29, 1.82) is 0 Å². The van der Waals surface area contributed by atoms with Gasteiger partial charge in [0, 0.05) is 12.5 Å². The number of hydrogen-bond acceptors (Lipinski definition) is 4. The maximum Gasteiger partial charge on any atom is 0.347 e. The van der Waals surface area contributed by atoms with Crippen LogP contribution in [0.5, 0.6) is 0 Å². The Morgan fingerprint density at radius 1 is 1.43 bits per heavy atom. The Balaban J connectivity index is 1.72. The van der Waals surface area contributed by atoms with Gasteiger partial charge in [0.15, 0.2) is 5.66 Å². The number of amides is 1. The van der Waals surface area contributed by atoms with E-state index in [9.17, 15) is 9.59 Å². The van der Waals surface area contributed by atoms with Crippen molar-refractivity contribution in [3.8, 4) is 0 Å². The van der Waals surface area contributed by atoms with Crippen LogP contribution in [0.1, 0.15) is 31.7 Å². The molecule has 1 amide bonds. The summed E-state index contributed by atoms with van der Waals surface area (Å²) in [4.78, 5) is 26.1. The molecule has 0 radical (unpaired) electrons. The molecule has 2 saturated heterocycles. The molecule has 2 atom stereocenters. The summed E-state index contributed by atoms with van der Waals surface area (Å²) in [5, 5.41) is 3.19. The van der Waals surface area contributed by atoms with Gasteiger partial charge in [0.2, 0.25) is 5.91 Å². The molecule has 2 aliphatic rings. The number of nitrogens with one attached hydrogen (secondary N) is 1. The van der Waals surface area contributed by atoms with Gasteiger partial charge in [-0.1, -0.05) is 37.3 Å². The van der Waals surface area contributed by atoms with Gasteiger partial charge in [-0.15, -0.1) is 0 Å². The van der Waals surface area contributed by atoms with Crippen molar-refractivity contribution in [2.24, 2.45) is 0 Å². The normalized spacial score (nSPS) is 27.2. The number of likely N-dealkylation sites (N-methyl/N-ethyl adjacent to an activating group) is 1. The number of rotatable bonds is 5. The molecule has 112 valence electrons. The first-order valence-corrected chi connectivity index (χ1v) is 7.45. The highest BCUT2D eigenvalue weighted by molar-refractivity contribution is 5.93. The number of hydrogen-bond donors (Lipinski definition) is 1. The molecule has 3 rings (SSSR count). The molecule has 1 N–H and O–H groups in total. The van der Waals surface area contributed by atoms with Gasteiger partial charge in [0.25, 0.3) is 0 Å². The van der Waals surface area contributed by atoms with E-state index < -0.39 is 5.66 Å². The summed E-state index contributed by atoms with van der Waals surface area (Å²) in [5.74, 6) is -0.307. The fourth-order valence-corrected chi connectivity index (χ4v) is 3.32. The van der Waals surface area contributed by atoms with Crippen LogP contribution in [0.25, 0.3) is 0 Å². The van der Waals surface area contributed by atoms with Crippen LogP contribution >= 0.6 is 0 Å². The molecule has 0 spiro atoms. The minimum absolute atomic E-state index is 0.0371. The Bertz CT molecular complexity index is 542. The summed E-state index contributed by atoms with van der Waals surface area (Å²) in [6.07, 6.45) is 2.04. The molecule has 2 aliphatic heterocycles. The van der Waals surface area contributed by atoms with E-state index in [1.54, 1.807) is 4.90 Å². The predicted molar refractivity (Wildman–Crippen MR) is 77.1 cm³/mol. The lowest BCUT2D eigenvalue weighted by Gasteiger charge is -2.45. The Morgan fingerprint density at radius 3 is 2.86 bits per heavy atom. The van der Waals surface area contributed by atoms with Crippen molar-refractivity contribution in [2.75, 3.05) is 6.54 Å². The number of esters is 1. The third-order valence-electron chi connectivity index (χ3n) is 4.31. The number of β-lactam (4-membered cyclic amide) rings is 1. The number of carbonyl (C=O) groups is 2. The van der Waals surface area contributed by atoms with E-state index in [2.05, 4.69) is 5.32 Å². The van der Waals surface area contributed by atoms with Crippen LogP contribution in [0.3, 0.4) is 0 Å². The van der Waals surface area contributed by atoms with Crippen LogP contribution in [0.15, 0.2) is 30.3 Å². The standard InChI is InChI=1S/C16H20N2O3/c1-2-17-16(9-8-13-10-14(19)18(13)16)15(20)21-11-12-6-4-3-5-7-12/h3-7,13,17H,2,8-11H2,1H3. The predicted octanol–water partition coefficient (Wildman–Crippen LogP) is 1.43. The van der Waals surface area contributed by atoms with Gasteiger partial charge in [-0.25, -0.2) is 4.79 Å². The summed E-state index contributed by atoms with van der Waals surface area (Å²) in [6.45, 7) is 2.79. The first kappa shape index (κ1) is 14.1. The van der Waals surface area contributed by atoms with Gasteiger partial charge < -0.3 is 9.64 Å². The summed E-state index contributed by atoms with van der Waals surface area (Å²) in [5.41, 5.74) is -0.00855. The Hall–Kier alpha value is -1.88. The molecule has 5 nitrogen and oxygen atoms in total. The minimum Gasteiger partial charge on any atom is -0.458 e. The Kier molecular flexibility index (Phi) is 3.68.